The fourth-order valence-electron chi connectivity index (χ4n) is 2.08. The number of methoxy groups -OCH3 is 1. The van der Waals surface area contributed by atoms with Crippen molar-refractivity contribution in [3.8, 4) is 0 Å². The van der Waals surface area contributed by atoms with Crippen LogP contribution in [0.5, 0.6) is 0 Å². The molecule has 2 N–H and O–H groups in total. The third-order valence-electron chi connectivity index (χ3n) is 4.84. The lowest BCUT2D eigenvalue weighted by molar-refractivity contribution is -0.146. The highest BCUT2D eigenvalue weighted by atomic mass is 28.4. The Morgan fingerprint density at radius 1 is 1.19 bits per heavy atom. The molecule has 146 valence electrons. The summed E-state index contributed by atoms with van der Waals surface area (Å²) in [5.74, 6) is -1.20. The van der Waals surface area contributed by atoms with E-state index in [1.165, 1.54) is 7.11 Å². The molecule has 0 aliphatic carbocycles. The molecule has 7 heteroatoms. The maximum Gasteiger partial charge on any atom is 0.328 e. The summed E-state index contributed by atoms with van der Waals surface area (Å²) in [6, 6.07) is 7.70. The molecule has 0 aromatic heterocycles. The van der Waals surface area contributed by atoms with Crippen LogP contribution < -0.4 is 5.32 Å². The lowest BCUT2D eigenvalue weighted by atomic mass is 10.1. The molecule has 6 nitrogen and oxygen atoms in total. The Balaban J connectivity index is 2.70. The third-order valence-corrected chi connectivity index (χ3v) is 9.38. The van der Waals surface area contributed by atoms with E-state index in [2.05, 4.69) is 39.2 Å². The van der Waals surface area contributed by atoms with Crippen molar-refractivity contribution in [2.24, 2.45) is 0 Å². The normalized spacial score (nSPS) is 14.4. The van der Waals surface area contributed by atoms with Gasteiger partial charge >= 0.3 is 5.97 Å². The Kier molecular flexibility index (Phi) is 7.99. The van der Waals surface area contributed by atoms with Crippen molar-refractivity contribution in [2.75, 3.05) is 13.7 Å². The molecule has 0 fully saturated rings. The van der Waals surface area contributed by atoms with Crippen LogP contribution in [0.2, 0.25) is 18.1 Å². The monoisotopic (exact) mass is 381 g/mol. The summed E-state index contributed by atoms with van der Waals surface area (Å²) in [5, 5.41) is 12.8. The number of esters is 1. The van der Waals surface area contributed by atoms with Gasteiger partial charge in [0.15, 0.2) is 14.4 Å². The summed E-state index contributed by atoms with van der Waals surface area (Å²) < 4.78 is 10.8. The SMILES string of the molecule is COC(=O)[C@@H](CCO[Si](C)(C)C(C)(C)C)NC(=O)[C@@H](O)c1ccccc1. The molecule has 0 radical (unpaired) electrons. The van der Waals surface area contributed by atoms with Crippen LogP contribution in [0.1, 0.15) is 38.9 Å². The average molecular weight is 382 g/mol. The highest BCUT2D eigenvalue weighted by Crippen LogP contribution is 2.36. The Hall–Kier alpha value is -1.70. The fraction of sp³-hybridized carbons (Fsp3) is 0.579. The molecule has 0 saturated carbocycles. The molecule has 1 aromatic carbocycles. The highest BCUT2D eigenvalue weighted by Gasteiger charge is 2.37. The smallest absolute Gasteiger partial charge is 0.328 e. The maximum absolute atomic E-state index is 12.3. The molecule has 0 aliphatic rings. The number of amides is 1. The van der Waals surface area contributed by atoms with Gasteiger partial charge in [-0.2, -0.15) is 0 Å². The van der Waals surface area contributed by atoms with Crippen LogP contribution in [0.3, 0.4) is 0 Å². The zero-order chi connectivity index (χ0) is 20.0. The molecule has 26 heavy (non-hydrogen) atoms. The lowest BCUT2D eigenvalue weighted by Gasteiger charge is -2.36. The lowest BCUT2D eigenvalue weighted by Crippen LogP contribution is -2.46. The first kappa shape index (κ1) is 22.3. The van der Waals surface area contributed by atoms with Gasteiger partial charge < -0.3 is 19.6 Å². The van der Waals surface area contributed by atoms with Crippen molar-refractivity contribution >= 4 is 20.2 Å². The fourth-order valence-corrected chi connectivity index (χ4v) is 3.14. The van der Waals surface area contributed by atoms with Gasteiger partial charge in [-0.1, -0.05) is 51.1 Å². The number of hydrogen-bond acceptors (Lipinski definition) is 5. The van der Waals surface area contributed by atoms with E-state index in [-0.39, 0.29) is 11.5 Å². The maximum atomic E-state index is 12.3. The van der Waals surface area contributed by atoms with Gasteiger partial charge in [0.05, 0.1) is 7.11 Å². The predicted octanol–water partition coefficient (Wildman–Crippen LogP) is 2.79. The van der Waals surface area contributed by atoms with Gasteiger partial charge in [0, 0.05) is 13.0 Å². The standard InChI is InChI=1S/C19H31NO5Si/c1-19(2,3)26(5,6)25-13-12-15(18(23)24-4)20-17(22)16(21)14-10-8-7-9-11-14/h7-11,15-16,21H,12-13H2,1-6H3,(H,20,22)/t15-,16+/m1/s1. The Bertz CT molecular complexity index is 598. The van der Waals surface area contributed by atoms with Crippen molar-refractivity contribution < 1.29 is 23.9 Å². The van der Waals surface area contributed by atoms with Crippen LogP contribution in [0.25, 0.3) is 0 Å². The molecule has 1 amide bonds. The van der Waals surface area contributed by atoms with E-state index in [1.54, 1.807) is 30.3 Å². The topological polar surface area (TPSA) is 84.9 Å². The van der Waals surface area contributed by atoms with Crippen molar-refractivity contribution in [3.63, 3.8) is 0 Å². The van der Waals surface area contributed by atoms with Crippen molar-refractivity contribution in [2.45, 2.75) is 57.5 Å². The third kappa shape index (κ3) is 6.23. The first-order valence-corrected chi connectivity index (χ1v) is 11.7. The van der Waals surface area contributed by atoms with Gasteiger partial charge in [-0.3, -0.25) is 4.79 Å². The summed E-state index contributed by atoms with van der Waals surface area (Å²) in [6.45, 7) is 11.0. The molecule has 0 aliphatic heterocycles. The average Bonchev–Trinajstić information content (AvgIpc) is 2.59. The van der Waals surface area contributed by atoms with Crippen molar-refractivity contribution in [1.29, 1.82) is 0 Å². The first-order valence-electron chi connectivity index (χ1n) is 8.75. The number of aliphatic hydroxyl groups is 1. The van der Waals surface area contributed by atoms with Crippen molar-refractivity contribution in [3.05, 3.63) is 35.9 Å². The van der Waals surface area contributed by atoms with Crippen LogP contribution in [0.15, 0.2) is 30.3 Å². The zero-order valence-corrected chi connectivity index (χ0v) is 17.5. The van der Waals surface area contributed by atoms with Gasteiger partial charge in [-0.25, -0.2) is 4.79 Å². The van der Waals surface area contributed by atoms with E-state index < -0.39 is 32.3 Å². The Labute approximate surface area is 157 Å². The number of hydrogen-bond donors (Lipinski definition) is 2. The largest absolute Gasteiger partial charge is 0.467 e. The molecule has 0 heterocycles. The Morgan fingerprint density at radius 2 is 1.77 bits per heavy atom. The van der Waals surface area contributed by atoms with Gasteiger partial charge in [0.2, 0.25) is 0 Å². The number of nitrogens with one attached hydrogen (secondary N) is 1. The molecule has 0 bridgehead atoms. The minimum absolute atomic E-state index is 0.0561. The van der Waals surface area contributed by atoms with E-state index in [1.807, 2.05) is 0 Å². The van der Waals surface area contributed by atoms with Crippen molar-refractivity contribution in [1.82, 2.24) is 5.32 Å². The summed E-state index contributed by atoms with van der Waals surface area (Å²) in [5.41, 5.74) is 0.464. The number of carbonyl (C=O) groups is 2. The summed E-state index contributed by atoms with van der Waals surface area (Å²) in [4.78, 5) is 24.3. The molecule has 0 unspecified atom stereocenters. The summed E-state index contributed by atoms with van der Waals surface area (Å²) >= 11 is 0. The molecule has 0 saturated heterocycles. The number of carbonyl (C=O) groups excluding carboxylic acids is 2. The molecular formula is C19H31NO5Si. The molecule has 2 atom stereocenters. The van der Waals surface area contributed by atoms with E-state index in [9.17, 15) is 14.7 Å². The van der Waals surface area contributed by atoms with Gasteiger partial charge in [-0.15, -0.1) is 0 Å². The summed E-state index contributed by atoms with van der Waals surface area (Å²) in [6.07, 6.45) is -1.06. The van der Waals surface area contributed by atoms with Gasteiger partial charge in [0.25, 0.3) is 5.91 Å². The van der Waals surface area contributed by atoms with Crippen LogP contribution in [0, 0.1) is 0 Å². The predicted molar refractivity (Wildman–Crippen MR) is 103 cm³/mol. The minimum atomic E-state index is -1.95. The molecular weight excluding hydrogens is 350 g/mol. The quantitative estimate of drug-likeness (QED) is 0.534. The second-order valence-corrected chi connectivity index (χ2v) is 12.6. The summed E-state index contributed by atoms with van der Waals surface area (Å²) in [7, 11) is -0.678. The van der Waals surface area contributed by atoms with Crippen LogP contribution in [-0.4, -0.2) is 45.1 Å². The van der Waals surface area contributed by atoms with E-state index in [4.69, 9.17) is 9.16 Å². The Morgan fingerprint density at radius 3 is 2.27 bits per heavy atom. The number of rotatable bonds is 8. The number of ether oxygens (including phenoxy) is 1. The van der Waals surface area contributed by atoms with Gasteiger partial charge in [-0.05, 0) is 23.7 Å². The van der Waals surface area contributed by atoms with Gasteiger partial charge in [0.1, 0.15) is 6.04 Å². The highest BCUT2D eigenvalue weighted by molar-refractivity contribution is 6.74. The molecule has 1 rings (SSSR count). The zero-order valence-electron chi connectivity index (χ0n) is 16.5. The van der Waals surface area contributed by atoms with Crippen LogP contribution >= 0.6 is 0 Å². The minimum Gasteiger partial charge on any atom is -0.467 e. The van der Waals surface area contributed by atoms with Crippen LogP contribution in [-0.2, 0) is 18.8 Å². The van der Waals surface area contributed by atoms with E-state index >= 15 is 0 Å². The second-order valence-electron chi connectivity index (χ2n) is 7.80. The molecule has 1 aromatic rings. The number of aliphatic hydroxyl groups excluding tert-OH is 1. The number of benzene rings is 1. The van der Waals surface area contributed by atoms with Crippen LogP contribution in [0.4, 0.5) is 0 Å². The van der Waals surface area contributed by atoms with E-state index in [0.717, 1.165) is 0 Å². The first-order chi connectivity index (χ1) is 12.0. The molecule has 0 spiro atoms. The second kappa shape index (κ2) is 9.30. The van der Waals surface area contributed by atoms with E-state index in [0.29, 0.717) is 12.2 Å².